The summed E-state index contributed by atoms with van der Waals surface area (Å²) in [4.78, 5) is 25.7. The number of anilines is 1. The number of fused-ring (bicyclic) bond motifs is 1. The lowest BCUT2D eigenvalue weighted by Crippen LogP contribution is -2.51. The predicted molar refractivity (Wildman–Crippen MR) is 84.0 cm³/mol. The smallest absolute Gasteiger partial charge is 0.253 e. The zero-order chi connectivity index (χ0) is 14.1. The Morgan fingerprint density at radius 3 is 2.90 bits per heavy atom. The Labute approximate surface area is 130 Å². The topological polar surface area (TPSA) is 61.4 Å². The van der Waals surface area contributed by atoms with Gasteiger partial charge in [0.15, 0.2) is 0 Å². The number of carbonyl (C=O) groups excluding carboxylic acids is 2. The summed E-state index contributed by atoms with van der Waals surface area (Å²) in [6.07, 6.45) is 1.20. The molecule has 0 bridgehead atoms. The maximum absolute atomic E-state index is 12.5. The van der Waals surface area contributed by atoms with E-state index >= 15 is 0 Å². The number of nitrogens with one attached hydrogen (secondary N) is 2. The van der Waals surface area contributed by atoms with E-state index in [2.05, 4.69) is 17.6 Å². The monoisotopic (exact) mass is 309 g/mol. The molecule has 0 radical (unpaired) electrons. The number of carbonyl (C=O) groups is 2. The largest absolute Gasteiger partial charge is 0.336 e. The third kappa shape index (κ3) is 3.36. The quantitative estimate of drug-likeness (QED) is 0.825. The average Bonchev–Trinajstić information content (AvgIpc) is 2.46. The highest BCUT2D eigenvalue weighted by Crippen LogP contribution is 2.24. The first-order valence-electron chi connectivity index (χ1n) is 7.09. The van der Waals surface area contributed by atoms with Gasteiger partial charge in [0.05, 0.1) is 0 Å². The standard InChI is InChI=1S/C15H19N3O2.ClH/c1-10-9-18(7-6-16-10)15(20)12-2-4-13-11(8-12)3-5-14(19)17-13;/h2,4,8,10,16H,3,5-7,9H2,1H3,(H,17,19);1H/t10-;/m1./s1. The van der Waals surface area contributed by atoms with E-state index in [4.69, 9.17) is 0 Å². The number of amides is 2. The number of rotatable bonds is 1. The maximum Gasteiger partial charge on any atom is 0.253 e. The second-order valence-electron chi connectivity index (χ2n) is 5.53. The molecule has 2 heterocycles. The Hall–Kier alpha value is -1.59. The van der Waals surface area contributed by atoms with Crippen LogP contribution in [0.3, 0.4) is 0 Å². The summed E-state index contributed by atoms with van der Waals surface area (Å²) in [5.74, 6) is 0.130. The molecule has 1 atom stereocenters. The van der Waals surface area contributed by atoms with Crippen molar-refractivity contribution in [3.63, 3.8) is 0 Å². The molecule has 1 aromatic carbocycles. The highest BCUT2D eigenvalue weighted by atomic mass is 35.5. The average molecular weight is 310 g/mol. The molecule has 0 unspecified atom stereocenters. The van der Waals surface area contributed by atoms with Crippen LogP contribution in [0.1, 0.15) is 29.3 Å². The van der Waals surface area contributed by atoms with E-state index in [0.717, 1.165) is 30.9 Å². The van der Waals surface area contributed by atoms with E-state index in [9.17, 15) is 9.59 Å². The molecule has 0 aliphatic carbocycles. The predicted octanol–water partition coefficient (Wildman–Crippen LogP) is 1.43. The zero-order valence-electron chi connectivity index (χ0n) is 12.0. The third-order valence-electron chi connectivity index (χ3n) is 3.90. The molecule has 0 spiro atoms. The van der Waals surface area contributed by atoms with Crippen LogP contribution in [0.5, 0.6) is 0 Å². The van der Waals surface area contributed by atoms with Crippen LogP contribution in [0.15, 0.2) is 18.2 Å². The Morgan fingerprint density at radius 2 is 2.14 bits per heavy atom. The van der Waals surface area contributed by atoms with E-state index in [1.807, 2.05) is 17.0 Å². The van der Waals surface area contributed by atoms with Gasteiger partial charge in [0.2, 0.25) is 5.91 Å². The summed E-state index contributed by atoms with van der Waals surface area (Å²) in [6, 6.07) is 5.90. The molecule has 1 aromatic rings. The molecule has 2 aliphatic rings. The molecule has 2 amide bonds. The van der Waals surface area contributed by atoms with Crippen molar-refractivity contribution in [1.82, 2.24) is 10.2 Å². The van der Waals surface area contributed by atoms with Crippen LogP contribution in [0, 0.1) is 0 Å². The zero-order valence-corrected chi connectivity index (χ0v) is 12.8. The SMILES string of the molecule is C[C@@H]1CN(C(=O)c2ccc3c(c2)CCC(=O)N3)CCN1.Cl. The second-order valence-corrected chi connectivity index (χ2v) is 5.53. The van der Waals surface area contributed by atoms with Crippen molar-refractivity contribution in [2.75, 3.05) is 25.0 Å². The Bertz CT molecular complexity index is 562. The van der Waals surface area contributed by atoms with Gasteiger partial charge in [-0.3, -0.25) is 9.59 Å². The molecule has 5 nitrogen and oxygen atoms in total. The minimum absolute atomic E-state index is 0. The lowest BCUT2D eigenvalue weighted by atomic mass is 9.99. The molecule has 1 saturated heterocycles. The Balaban J connectivity index is 0.00000161. The Kier molecular flexibility index (Phi) is 4.85. The molecule has 1 fully saturated rings. The van der Waals surface area contributed by atoms with Crippen LogP contribution < -0.4 is 10.6 Å². The van der Waals surface area contributed by atoms with Crippen LogP contribution in [0.2, 0.25) is 0 Å². The van der Waals surface area contributed by atoms with Gasteiger partial charge in [-0.15, -0.1) is 12.4 Å². The molecule has 114 valence electrons. The lowest BCUT2D eigenvalue weighted by molar-refractivity contribution is -0.116. The van der Waals surface area contributed by atoms with Gasteiger partial charge in [-0.1, -0.05) is 0 Å². The van der Waals surface area contributed by atoms with Gasteiger partial charge in [0.25, 0.3) is 5.91 Å². The molecule has 0 saturated carbocycles. The van der Waals surface area contributed by atoms with Crippen LogP contribution in [-0.4, -0.2) is 42.4 Å². The van der Waals surface area contributed by atoms with Gasteiger partial charge < -0.3 is 15.5 Å². The molecule has 2 aliphatic heterocycles. The van der Waals surface area contributed by atoms with Gasteiger partial charge in [0.1, 0.15) is 0 Å². The van der Waals surface area contributed by atoms with Crippen LogP contribution in [0.25, 0.3) is 0 Å². The van der Waals surface area contributed by atoms with Crippen molar-refractivity contribution < 1.29 is 9.59 Å². The number of piperazine rings is 1. The third-order valence-corrected chi connectivity index (χ3v) is 3.90. The highest BCUT2D eigenvalue weighted by molar-refractivity contribution is 5.98. The summed E-state index contributed by atoms with van der Waals surface area (Å²) in [5, 5.41) is 6.17. The van der Waals surface area contributed by atoms with E-state index in [0.29, 0.717) is 24.4 Å². The lowest BCUT2D eigenvalue weighted by Gasteiger charge is -2.32. The van der Waals surface area contributed by atoms with Crippen molar-refractivity contribution in [2.24, 2.45) is 0 Å². The van der Waals surface area contributed by atoms with E-state index in [1.54, 1.807) is 6.07 Å². The van der Waals surface area contributed by atoms with Gasteiger partial charge in [-0.2, -0.15) is 0 Å². The van der Waals surface area contributed by atoms with Crippen molar-refractivity contribution in [3.8, 4) is 0 Å². The summed E-state index contributed by atoms with van der Waals surface area (Å²) >= 11 is 0. The van der Waals surface area contributed by atoms with E-state index in [-0.39, 0.29) is 24.2 Å². The first-order valence-corrected chi connectivity index (χ1v) is 7.09. The molecular weight excluding hydrogens is 290 g/mol. The summed E-state index contributed by atoms with van der Waals surface area (Å²) < 4.78 is 0. The van der Waals surface area contributed by atoms with Gasteiger partial charge in [-0.05, 0) is 37.1 Å². The van der Waals surface area contributed by atoms with Crippen LogP contribution in [-0.2, 0) is 11.2 Å². The molecule has 2 N–H and O–H groups in total. The van der Waals surface area contributed by atoms with Gasteiger partial charge in [0, 0.05) is 43.3 Å². The molecular formula is C15H20ClN3O2. The van der Waals surface area contributed by atoms with Gasteiger partial charge in [-0.25, -0.2) is 0 Å². The minimum Gasteiger partial charge on any atom is -0.336 e. The first-order chi connectivity index (χ1) is 9.63. The summed E-state index contributed by atoms with van der Waals surface area (Å²) in [6.45, 7) is 4.42. The van der Waals surface area contributed by atoms with Crippen molar-refractivity contribution in [3.05, 3.63) is 29.3 Å². The molecule has 3 rings (SSSR count). The van der Waals surface area contributed by atoms with E-state index < -0.39 is 0 Å². The maximum atomic E-state index is 12.5. The molecule has 0 aromatic heterocycles. The number of hydrogen-bond donors (Lipinski definition) is 2. The second kappa shape index (κ2) is 6.45. The van der Waals surface area contributed by atoms with Gasteiger partial charge >= 0.3 is 0 Å². The summed E-state index contributed by atoms with van der Waals surface area (Å²) in [7, 11) is 0. The Morgan fingerprint density at radius 1 is 1.33 bits per heavy atom. The summed E-state index contributed by atoms with van der Waals surface area (Å²) in [5.41, 5.74) is 2.61. The fraction of sp³-hybridized carbons (Fsp3) is 0.467. The normalized spacial score (nSPS) is 21.1. The fourth-order valence-corrected chi connectivity index (χ4v) is 2.82. The first kappa shape index (κ1) is 15.8. The van der Waals surface area contributed by atoms with Crippen molar-refractivity contribution in [1.29, 1.82) is 0 Å². The molecule has 6 heteroatoms. The molecule has 21 heavy (non-hydrogen) atoms. The van der Waals surface area contributed by atoms with E-state index in [1.165, 1.54) is 0 Å². The fourth-order valence-electron chi connectivity index (χ4n) is 2.82. The number of hydrogen-bond acceptors (Lipinski definition) is 3. The van der Waals surface area contributed by atoms with Crippen molar-refractivity contribution >= 4 is 29.9 Å². The number of nitrogens with zero attached hydrogens (tertiary/aromatic N) is 1. The van der Waals surface area contributed by atoms with Crippen molar-refractivity contribution in [2.45, 2.75) is 25.8 Å². The minimum atomic E-state index is 0. The van der Waals surface area contributed by atoms with Crippen LogP contribution in [0.4, 0.5) is 5.69 Å². The van der Waals surface area contributed by atoms with Crippen LogP contribution >= 0.6 is 12.4 Å². The number of halogens is 1. The number of aryl methyl sites for hydroxylation is 1. The number of benzene rings is 1. The highest BCUT2D eigenvalue weighted by Gasteiger charge is 2.23.